The molecule has 1 aliphatic heterocycles. The van der Waals surface area contributed by atoms with Gasteiger partial charge in [0.25, 0.3) is 0 Å². The summed E-state index contributed by atoms with van der Waals surface area (Å²) in [6.07, 6.45) is 0. The topological polar surface area (TPSA) is 82.5 Å². The normalized spacial score (nSPS) is 17.7. The average Bonchev–Trinajstić information content (AvgIpc) is 2.39. The molecule has 7 heteroatoms. The molecule has 7 nitrogen and oxygen atoms in total. The van der Waals surface area contributed by atoms with E-state index >= 15 is 0 Å². The number of ether oxygens (including phenoxy) is 2. The molecule has 0 saturated carbocycles. The summed E-state index contributed by atoms with van der Waals surface area (Å²) < 4.78 is 10.2. The maximum atomic E-state index is 10.2. The molecule has 1 aliphatic rings. The van der Waals surface area contributed by atoms with Crippen LogP contribution in [0, 0.1) is 0 Å². The molecular weight excluding hydrogens is 252 g/mol. The van der Waals surface area contributed by atoms with Gasteiger partial charge in [-0.2, -0.15) is 0 Å². The van der Waals surface area contributed by atoms with Crippen molar-refractivity contribution in [2.75, 3.05) is 72.3 Å². The monoisotopic (exact) mass is 276 g/mol. The van der Waals surface area contributed by atoms with Crippen LogP contribution in [0.1, 0.15) is 0 Å². The van der Waals surface area contributed by atoms with Gasteiger partial charge in [-0.05, 0) is 0 Å². The molecule has 0 aliphatic carbocycles. The van der Waals surface area contributed by atoms with Gasteiger partial charge in [0, 0.05) is 39.3 Å². The van der Waals surface area contributed by atoms with Crippen molar-refractivity contribution in [3.8, 4) is 0 Å². The predicted octanol–water partition coefficient (Wildman–Crippen LogP) is -1.29. The lowest BCUT2D eigenvalue weighted by Crippen LogP contribution is -2.47. The van der Waals surface area contributed by atoms with Gasteiger partial charge in [-0.15, -0.1) is 0 Å². The molecule has 19 heavy (non-hydrogen) atoms. The molecule has 1 saturated heterocycles. The average molecular weight is 276 g/mol. The third-order valence-electron chi connectivity index (χ3n) is 3.03. The van der Waals surface area contributed by atoms with E-state index < -0.39 is 5.97 Å². The number of β-amino-alcohol motifs (C(OH)–C–C–N with tert-alkyl or cyclic N) is 1. The summed E-state index contributed by atoms with van der Waals surface area (Å²) in [6, 6.07) is 0. The summed E-state index contributed by atoms with van der Waals surface area (Å²) in [4.78, 5) is 14.7. The summed E-state index contributed by atoms with van der Waals surface area (Å²) >= 11 is 0. The fraction of sp³-hybridized carbons (Fsp3) is 0.917. The van der Waals surface area contributed by atoms with Gasteiger partial charge in [0.05, 0.1) is 26.4 Å². The molecule has 1 heterocycles. The standard InChI is InChI=1S/C12H24N2O5/c15-7-5-13-1-3-14(4-2-13)6-8-18-9-10-19-11-12(16)17/h15H,1-11H2,(H,16,17). The highest BCUT2D eigenvalue weighted by molar-refractivity contribution is 5.67. The zero-order valence-electron chi connectivity index (χ0n) is 11.3. The molecule has 0 amide bonds. The molecule has 112 valence electrons. The zero-order chi connectivity index (χ0) is 13.9. The Kier molecular flexibility index (Phi) is 8.68. The summed E-state index contributed by atoms with van der Waals surface area (Å²) in [5.74, 6) is -0.958. The number of aliphatic carboxylic acids is 1. The molecule has 0 unspecified atom stereocenters. The predicted molar refractivity (Wildman–Crippen MR) is 69.2 cm³/mol. The molecule has 0 aromatic carbocycles. The van der Waals surface area contributed by atoms with Gasteiger partial charge in [0.15, 0.2) is 0 Å². The largest absolute Gasteiger partial charge is 0.480 e. The molecule has 0 radical (unpaired) electrons. The number of hydrogen-bond donors (Lipinski definition) is 2. The number of aliphatic hydroxyl groups is 1. The van der Waals surface area contributed by atoms with E-state index in [0.717, 1.165) is 39.3 Å². The van der Waals surface area contributed by atoms with Crippen molar-refractivity contribution in [3.05, 3.63) is 0 Å². The Morgan fingerprint density at radius 3 is 2.11 bits per heavy atom. The number of rotatable bonds is 10. The lowest BCUT2D eigenvalue weighted by molar-refractivity contribution is -0.142. The van der Waals surface area contributed by atoms with Crippen molar-refractivity contribution in [2.45, 2.75) is 0 Å². The molecule has 0 spiro atoms. The molecule has 0 aromatic rings. The summed E-state index contributed by atoms with van der Waals surface area (Å²) in [6.45, 7) is 6.94. The molecule has 1 fully saturated rings. The molecule has 0 bridgehead atoms. The number of carbonyl (C=O) groups is 1. The van der Waals surface area contributed by atoms with Crippen LogP contribution >= 0.6 is 0 Å². The van der Waals surface area contributed by atoms with Gasteiger partial charge in [0.1, 0.15) is 6.61 Å². The second kappa shape index (κ2) is 10.1. The van der Waals surface area contributed by atoms with Crippen molar-refractivity contribution in [3.63, 3.8) is 0 Å². The number of carboxylic acid groups (broad SMARTS) is 1. The van der Waals surface area contributed by atoms with E-state index in [1.54, 1.807) is 0 Å². The van der Waals surface area contributed by atoms with Crippen LogP contribution in [0.25, 0.3) is 0 Å². The van der Waals surface area contributed by atoms with E-state index in [0.29, 0.717) is 19.8 Å². The van der Waals surface area contributed by atoms with E-state index in [1.165, 1.54) is 0 Å². The van der Waals surface area contributed by atoms with Gasteiger partial charge in [-0.1, -0.05) is 0 Å². The van der Waals surface area contributed by atoms with Crippen LogP contribution in [0.15, 0.2) is 0 Å². The minimum absolute atomic E-state index is 0.222. The van der Waals surface area contributed by atoms with E-state index in [4.69, 9.17) is 19.7 Å². The maximum Gasteiger partial charge on any atom is 0.329 e. The fourth-order valence-electron chi connectivity index (χ4n) is 1.95. The van der Waals surface area contributed by atoms with E-state index in [9.17, 15) is 4.79 Å². The molecule has 2 N–H and O–H groups in total. The third kappa shape index (κ3) is 8.12. The fourth-order valence-corrected chi connectivity index (χ4v) is 1.95. The van der Waals surface area contributed by atoms with Gasteiger partial charge in [-0.3, -0.25) is 9.80 Å². The van der Waals surface area contributed by atoms with Crippen molar-refractivity contribution in [1.29, 1.82) is 0 Å². The van der Waals surface area contributed by atoms with Crippen LogP contribution < -0.4 is 0 Å². The summed E-state index contributed by atoms with van der Waals surface area (Å²) in [5, 5.41) is 17.2. The Bertz CT molecular complexity index is 244. The van der Waals surface area contributed by atoms with Crippen molar-refractivity contribution < 1.29 is 24.5 Å². The van der Waals surface area contributed by atoms with E-state index in [1.807, 2.05) is 0 Å². The summed E-state index contributed by atoms with van der Waals surface area (Å²) in [7, 11) is 0. The van der Waals surface area contributed by atoms with Crippen molar-refractivity contribution in [1.82, 2.24) is 9.80 Å². The first-order valence-electron chi connectivity index (χ1n) is 6.65. The second-order valence-electron chi connectivity index (χ2n) is 4.47. The van der Waals surface area contributed by atoms with E-state index in [2.05, 4.69) is 9.80 Å². The van der Waals surface area contributed by atoms with Gasteiger partial charge >= 0.3 is 5.97 Å². The van der Waals surface area contributed by atoms with Crippen LogP contribution in [0.4, 0.5) is 0 Å². The van der Waals surface area contributed by atoms with Crippen LogP contribution in [-0.2, 0) is 14.3 Å². The lowest BCUT2D eigenvalue weighted by atomic mass is 10.3. The van der Waals surface area contributed by atoms with Crippen molar-refractivity contribution >= 4 is 5.97 Å². The molecular formula is C12H24N2O5. The summed E-state index contributed by atoms with van der Waals surface area (Å²) in [5.41, 5.74) is 0. The first-order valence-corrected chi connectivity index (χ1v) is 6.65. The molecule has 1 rings (SSSR count). The number of carboxylic acids is 1. The minimum Gasteiger partial charge on any atom is -0.480 e. The third-order valence-corrected chi connectivity index (χ3v) is 3.03. The van der Waals surface area contributed by atoms with Crippen LogP contribution in [0.2, 0.25) is 0 Å². The highest BCUT2D eigenvalue weighted by Gasteiger charge is 2.15. The van der Waals surface area contributed by atoms with Gasteiger partial charge in [0.2, 0.25) is 0 Å². The van der Waals surface area contributed by atoms with Crippen LogP contribution in [0.5, 0.6) is 0 Å². The zero-order valence-corrected chi connectivity index (χ0v) is 11.3. The number of nitrogens with zero attached hydrogens (tertiary/aromatic N) is 2. The Morgan fingerprint density at radius 2 is 1.53 bits per heavy atom. The minimum atomic E-state index is -0.958. The maximum absolute atomic E-state index is 10.2. The highest BCUT2D eigenvalue weighted by Crippen LogP contribution is 2.00. The highest BCUT2D eigenvalue weighted by atomic mass is 16.5. The first-order chi connectivity index (χ1) is 9.22. The Morgan fingerprint density at radius 1 is 0.947 bits per heavy atom. The Balaban J connectivity index is 1.89. The Hall–Kier alpha value is -0.730. The quantitative estimate of drug-likeness (QED) is 0.481. The molecule has 0 atom stereocenters. The van der Waals surface area contributed by atoms with Gasteiger partial charge < -0.3 is 19.7 Å². The van der Waals surface area contributed by atoms with Gasteiger partial charge in [-0.25, -0.2) is 4.79 Å². The van der Waals surface area contributed by atoms with E-state index in [-0.39, 0.29) is 13.2 Å². The Labute approximate surface area is 113 Å². The lowest BCUT2D eigenvalue weighted by Gasteiger charge is -2.34. The smallest absolute Gasteiger partial charge is 0.329 e. The van der Waals surface area contributed by atoms with Crippen LogP contribution in [-0.4, -0.2) is 98.3 Å². The number of aliphatic hydroxyl groups excluding tert-OH is 1. The number of hydrogen-bond acceptors (Lipinski definition) is 6. The number of piperazine rings is 1. The second-order valence-corrected chi connectivity index (χ2v) is 4.47. The van der Waals surface area contributed by atoms with Crippen molar-refractivity contribution in [2.24, 2.45) is 0 Å². The SMILES string of the molecule is O=C(O)COCCOCCN1CCN(CCO)CC1. The van der Waals surface area contributed by atoms with Crippen LogP contribution in [0.3, 0.4) is 0 Å². The first kappa shape index (κ1) is 16.3. The molecule has 0 aromatic heterocycles.